The van der Waals surface area contributed by atoms with E-state index in [1.165, 1.54) is 0 Å². The molecule has 1 aromatic carbocycles. The van der Waals surface area contributed by atoms with Crippen LogP contribution in [0, 0.1) is 0 Å². The molecule has 1 aromatic rings. The summed E-state index contributed by atoms with van der Waals surface area (Å²) < 4.78 is 44.1. The normalized spacial score (nSPS) is 10.9. The number of hydrogen-bond donors (Lipinski definition) is 0. The van der Waals surface area contributed by atoms with Crippen LogP contribution in [0.5, 0.6) is 0 Å². The summed E-state index contributed by atoms with van der Waals surface area (Å²) in [7, 11) is 0. The molecule has 0 spiro atoms. The van der Waals surface area contributed by atoms with Gasteiger partial charge in [-0.05, 0) is 5.56 Å². The molecular formula is C13H13F3O4. The number of hydrogen-bond acceptors (Lipinski definition) is 4. The summed E-state index contributed by atoms with van der Waals surface area (Å²) in [6.07, 6.45) is -5.32. The first kappa shape index (κ1) is 16.0. The lowest BCUT2D eigenvalue weighted by molar-refractivity contribution is -0.186. The Bertz CT molecular complexity index is 443. The molecule has 0 saturated carbocycles. The fourth-order valence-electron chi connectivity index (χ4n) is 1.25. The molecule has 110 valence electrons. The number of benzene rings is 1. The maximum absolute atomic E-state index is 11.8. The molecule has 0 aliphatic carbocycles. The molecule has 0 unspecified atom stereocenters. The van der Waals surface area contributed by atoms with Gasteiger partial charge in [0.05, 0.1) is 12.8 Å². The van der Waals surface area contributed by atoms with Crippen molar-refractivity contribution < 1.29 is 32.2 Å². The van der Waals surface area contributed by atoms with Crippen LogP contribution < -0.4 is 0 Å². The van der Waals surface area contributed by atoms with E-state index >= 15 is 0 Å². The number of halogens is 3. The standard InChI is InChI=1S/C13H13F3O4/c14-13(15,16)9-20-12(18)7-6-11(17)19-8-10-4-2-1-3-5-10/h1-5H,6-9H2. The van der Waals surface area contributed by atoms with Gasteiger partial charge in [0, 0.05) is 0 Å². The largest absolute Gasteiger partial charge is 0.461 e. The third-order valence-corrected chi connectivity index (χ3v) is 2.17. The maximum atomic E-state index is 11.8. The molecule has 0 aliphatic rings. The smallest absolute Gasteiger partial charge is 0.422 e. The van der Waals surface area contributed by atoms with Gasteiger partial charge < -0.3 is 9.47 Å². The molecule has 0 fully saturated rings. The zero-order valence-corrected chi connectivity index (χ0v) is 10.5. The van der Waals surface area contributed by atoms with E-state index in [4.69, 9.17) is 4.74 Å². The van der Waals surface area contributed by atoms with E-state index in [2.05, 4.69) is 4.74 Å². The molecule has 0 atom stereocenters. The van der Waals surface area contributed by atoms with Gasteiger partial charge in [-0.15, -0.1) is 0 Å². The molecule has 0 saturated heterocycles. The summed E-state index contributed by atoms with van der Waals surface area (Å²) in [5.41, 5.74) is 0.778. The van der Waals surface area contributed by atoms with Crippen LogP contribution in [0.3, 0.4) is 0 Å². The quantitative estimate of drug-likeness (QED) is 0.756. The summed E-state index contributed by atoms with van der Waals surface area (Å²) in [6.45, 7) is -1.60. The van der Waals surface area contributed by atoms with Gasteiger partial charge in [0.25, 0.3) is 0 Å². The highest BCUT2D eigenvalue weighted by atomic mass is 19.4. The zero-order valence-electron chi connectivity index (χ0n) is 10.5. The first-order valence-corrected chi connectivity index (χ1v) is 5.79. The highest BCUT2D eigenvalue weighted by molar-refractivity contribution is 5.77. The van der Waals surface area contributed by atoms with Crippen LogP contribution in [0.1, 0.15) is 18.4 Å². The van der Waals surface area contributed by atoms with Crippen molar-refractivity contribution >= 4 is 11.9 Å². The lowest BCUT2D eigenvalue weighted by Crippen LogP contribution is -2.20. The molecule has 1 rings (SSSR count). The van der Waals surface area contributed by atoms with Crippen molar-refractivity contribution in [2.75, 3.05) is 6.61 Å². The van der Waals surface area contributed by atoms with E-state index < -0.39 is 31.1 Å². The van der Waals surface area contributed by atoms with E-state index in [0.717, 1.165) is 5.56 Å². The van der Waals surface area contributed by atoms with E-state index in [-0.39, 0.29) is 13.0 Å². The minimum Gasteiger partial charge on any atom is -0.461 e. The first-order valence-electron chi connectivity index (χ1n) is 5.79. The Morgan fingerprint density at radius 1 is 0.950 bits per heavy atom. The second-order valence-corrected chi connectivity index (χ2v) is 3.92. The monoisotopic (exact) mass is 290 g/mol. The Kier molecular flexibility index (Phi) is 6.02. The van der Waals surface area contributed by atoms with Gasteiger partial charge in [0.15, 0.2) is 6.61 Å². The Balaban J connectivity index is 2.18. The van der Waals surface area contributed by atoms with Gasteiger partial charge in [0.2, 0.25) is 0 Å². The Morgan fingerprint density at radius 3 is 2.05 bits per heavy atom. The second-order valence-electron chi connectivity index (χ2n) is 3.92. The van der Waals surface area contributed by atoms with E-state index in [0.29, 0.717) is 0 Å². The van der Waals surface area contributed by atoms with Crippen LogP contribution in [0.2, 0.25) is 0 Å². The average Bonchev–Trinajstić information content (AvgIpc) is 2.41. The number of carbonyl (C=O) groups is 2. The van der Waals surface area contributed by atoms with Gasteiger partial charge in [-0.25, -0.2) is 0 Å². The Labute approximate surface area is 113 Å². The van der Waals surface area contributed by atoms with Crippen LogP contribution in [0.25, 0.3) is 0 Å². The Morgan fingerprint density at radius 2 is 1.50 bits per heavy atom. The molecule has 0 N–H and O–H groups in total. The van der Waals surface area contributed by atoms with Crippen LogP contribution >= 0.6 is 0 Å². The number of rotatable bonds is 6. The fourth-order valence-corrected chi connectivity index (χ4v) is 1.25. The topological polar surface area (TPSA) is 52.6 Å². The SMILES string of the molecule is O=C(CCC(=O)OCC(F)(F)F)OCc1ccccc1. The minimum atomic E-state index is -4.57. The number of carbonyl (C=O) groups excluding carboxylic acids is 2. The molecule has 0 aliphatic heterocycles. The van der Waals surface area contributed by atoms with Crippen molar-refractivity contribution in [2.24, 2.45) is 0 Å². The molecule has 7 heteroatoms. The van der Waals surface area contributed by atoms with Crippen molar-refractivity contribution in [3.8, 4) is 0 Å². The summed E-state index contributed by atoms with van der Waals surface area (Å²) >= 11 is 0. The summed E-state index contributed by atoms with van der Waals surface area (Å²) in [5, 5.41) is 0. The van der Waals surface area contributed by atoms with Crippen molar-refractivity contribution in [3.05, 3.63) is 35.9 Å². The molecule has 0 radical (unpaired) electrons. The average molecular weight is 290 g/mol. The third-order valence-electron chi connectivity index (χ3n) is 2.17. The van der Waals surface area contributed by atoms with Crippen LogP contribution in [-0.2, 0) is 25.7 Å². The van der Waals surface area contributed by atoms with Gasteiger partial charge >= 0.3 is 18.1 Å². The molecule has 20 heavy (non-hydrogen) atoms. The Hall–Kier alpha value is -2.05. The summed E-state index contributed by atoms with van der Waals surface area (Å²) in [5.74, 6) is -1.75. The van der Waals surface area contributed by atoms with Crippen molar-refractivity contribution in [1.29, 1.82) is 0 Å². The molecule has 0 bridgehead atoms. The summed E-state index contributed by atoms with van der Waals surface area (Å²) in [4.78, 5) is 22.2. The van der Waals surface area contributed by atoms with Gasteiger partial charge in [-0.3, -0.25) is 9.59 Å². The van der Waals surface area contributed by atoms with Crippen molar-refractivity contribution in [2.45, 2.75) is 25.6 Å². The lowest BCUT2D eigenvalue weighted by atomic mass is 10.2. The van der Waals surface area contributed by atoms with Gasteiger partial charge in [0.1, 0.15) is 6.61 Å². The predicted molar refractivity (Wildman–Crippen MR) is 62.5 cm³/mol. The fraction of sp³-hybridized carbons (Fsp3) is 0.385. The van der Waals surface area contributed by atoms with E-state index in [1.807, 2.05) is 6.07 Å². The van der Waals surface area contributed by atoms with Crippen molar-refractivity contribution in [3.63, 3.8) is 0 Å². The number of ether oxygens (including phenoxy) is 2. The molecule has 0 heterocycles. The highest BCUT2D eigenvalue weighted by Gasteiger charge is 2.29. The molecule has 4 nitrogen and oxygen atoms in total. The second kappa shape index (κ2) is 7.52. The number of alkyl halides is 3. The summed E-state index contributed by atoms with van der Waals surface area (Å²) in [6, 6.07) is 8.87. The number of esters is 2. The lowest BCUT2D eigenvalue weighted by Gasteiger charge is -2.07. The molecule has 0 aromatic heterocycles. The van der Waals surface area contributed by atoms with E-state index in [1.54, 1.807) is 24.3 Å². The van der Waals surface area contributed by atoms with Gasteiger partial charge in [-0.2, -0.15) is 13.2 Å². The van der Waals surface area contributed by atoms with Gasteiger partial charge in [-0.1, -0.05) is 30.3 Å². The van der Waals surface area contributed by atoms with E-state index in [9.17, 15) is 22.8 Å². The highest BCUT2D eigenvalue weighted by Crippen LogP contribution is 2.15. The molecular weight excluding hydrogens is 277 g/mol. The molecule has 0 amide bonds. The predicted octanol–water partition coefficient (Wildman–Crippen LogP) is 2.62. The maximum Gasteiger partial charge on any atom is 0.422 e. The van der Waals surface area contributed by atoms with Crippen molar-refractivity contribution in [1.82, 2.24) is 0 Å². The third kappa shape index (κ3) is 7.40. The van der Waals surface area contributed by atoms with Crippen LogP contribution in [-0.4, -0.2) is 24.7 Å². The van der Waals surface area contributed by atoms with Crippen LogP contribution in [0.15, 0.2) is 30.3 Å². The van der Waals surface area contributed by atoms with Crippen LogP contribution in [0.4, 0.5) is 13.2 Å². The first-order chi connectivity index (χ1) is 9.37. The minimum absolute atomic E-state index is 0.0528. The zero-order chi connectivity index (χ0) is 15.0.